The fraction of sp³-hybridized carbons (Fsp3) is 0.391. The topological polar surface area (TPSA) is 120 Å². The summed E-state index contributed by atoms with van der Waals surface area (Å²) in [4.78, 5) is 35.0. The number of amides is 1. The molecule has 1 fully saturated rings. The van der Waals surface area contributed by atoms with Gasteiger partial charge in [0.2, 0.25) is 0 Å². The first kappa shape index (κ1) is 24.6. The Hall–Kier alpha value is -2.51. The summed E-state index contributed by atoms with van der Waals surface area (Å²) >= 11 is 3.54. The predicted molar refractivity (Wildman–Crippen MR) is 140 cm³/mol. The molecule has 0 atom stereocenters. The number of likely N-dealkylation sites (tertiary alicyclic amines) is 1. The number of hydrogen-bond acceptors (Lipinski definition) is 9. The SMILES string of the molecule is CC(=O)OCCN1CCC(Oc2cc(I)ccc2Nc2ncnc3sc(C(N)=O)c(C)c23)CC1. The molecule has 1 aromatic carbocycles. The Bertz CT molecular complexity index is 1210. The van der Waals surface area contributed by atoms with Gasteiger partial charge in [-0.1, -0.05) is 0 Å². The molecule has 34 heavy (non-hydrogen) atoms. The first-order chi connectivity index (χ1) is 16.3. The normalized spacial score (nSPS) is 14.8. The molecule has 0 spiro atoms. The minimum atomic E-state index is -0.469. The molecule has 0 unspecified atom stereocenters. The lowest BCUT2D eigenvalue weighted by molar-refractivity contribution is -0.141. The average molecular weight is 595 g/mol. The monoisotopic (exact) mass is 595 g/mol. The third kappa shape index (κ3) is 5.76. The molecular formula is C23H26IN5O4S. The van der Waals surface area contributed by atoms with Crippen molar-refractivity contribution in [1.82, 2.24) is 14.9 Å². The van der Waals surface area contributed by atoms with Crippen molar-refractivity contribution < 1.29 is 19.1 Å². The van der Waals surface area contributed by atoms with E-state index >= 15 is 0 Å². The maximum Gasteiger partial charge on any atom is 0.302 e. The zero-order valence-corrected chi connectivity index (χ0v) is 21.9. The molecule has 3 aromatic rings. The summed E-state index contributed by atoms with van der Waals surface area (Å²) in [6.45, 7) is 6.20. The van der Waals surface area contributed by atoms with E-state index in [4.69, 9.17) is 15.2 Å². The molecule has 0 radical (unpaired) electrons. The van der Waals surface area contributed by atoms with Crippen molar-refractivity contribution in [2.75, 3.05) is 31.6 Å². The first-order valence-electron chi connectivity index (χ1n) is 10.9. The number of ether oxygens (including phenoxy) is 2. The first-order valence-corrected chi connectivity index (χ1v) is 12.8. The maximum atomic E-state index is 11.8. The number of rotatable bonds is 8. The summed E-state index contributed by atoms with van der Waals surface area (Å²) in [6, 6.07) is 5.97. The van der Waals surface area contributed by atoms with Crippen molar-refractivity contribution in [2.24, 2.45) is 5.73 Å². The number of carbonyl (C=O) groups excluding carboxylic acids is 2. The number of nitrogens with one attached hydrogen (secondary N) is 1. The smallest absolute Gasteiger partial charge is 0.302 e. The number of aryl methyl sites for hydroxylation is 1. The molecule has 0 aliphatic carbocycles. The molecule has 3 N–H and O–H groups in total. The van der Waals surface area contributed by atoms with E-state index in [1.807, 2.05) is 25.1 Å². The van der Waals surface area contributed by atoms with Gasteiger partial charge in [0, 0.05) is 30.1 Å². The van der Waals surface area contributed by atoms with Crippen LogP contribution < -0.4 is 15.8 Å². The van der Waals surface area contributed by atoms with Crippen LogP contribution in [0.2, 0.25) is 0 Å². The van der Waals surface area contributed by atoms with Crippen LogP contribution in [0.15, 0.2) is 24.5 Å². The standard InChI is InChI=1S/C23H26IN5O4S/c1-13-19-22(26-12-27-23(19)34-20(13)21(25)31)28-17-4-3-15(24)11-18(17)33-16-5-7-29(8-6-16)9-10-32-14(2)30/h3-4,11-12,16H,5-10H2,1-2H3,(H2,25,31)(H,26,27,28). The molecule has 1 saturated heterocycles. The lowest BCUT2D eigenvalue weighted by Crippen LogP contribution is -2.40. The highest BCUT2D eigenvalue weighted by Gasteiger charge is 2.23. The molecular weight excluding hydrogens is 569 g/mol. The van der Waals surface area contributed by atoms with Crippen molar-refractivity contribution in [3.8, 4) is 5.75 Å². The van der Waals surface area contributed by atoms with Gasteiger partial charge < -0.3 is 20.5 Å². The Labute approximate surface area is 215 Å². The molecule has 4 rings (SSSR count). The summed E-state index contributed by atoms with van der Waals surface area (Å²) in [5.41, 5.74) is 7.10. The summed E-state index contributed by atoms with van der Waals surface area (Å²) in [6.07, 6.45) is 3.32. The van der Waals surface area contributed by atoms with E-state index < -0.39 is 5.91 Å². The van der Waals surface area contributed by atoms with Crippen LogP contribution in [0.5, 0.6) is 5.75 Å². The summed E-state index contributed by atoms with van der Waals surface area (Å²) in [5, 5.41) is 4.17. The minimum absolute atomic E-state index is 0.0819. The second-order valence-corrected chi connectivity index (χ2v) is 10.3. The lowest BCUT2D eigenvalue weighted by atomic mass is 10.1. The van der Waals surface area contributed by atoms with Crippen LogP contribution in [0.3, 0.4) is 0 Å². The van der Waals surface area contributed by atoms with Gasteiger partial charge in [0.1, 0.15) is 35.4 Å². The summed E-state index contributed by atoms with van der Waals surface area (Å²) < 4.78 is 12.5. The van der Waals surface area contributed by atoms with Gasteiger partial charge >= 0.3 is 5.97 Å². The van der Waals surface area contributed by atoms with Gasteiger partial charge in [-0.25, -0.2) is 9.97 Å². The van der Waals surface area contributed by atoms with Gasteiger partial charge in [0.05, 0.1) is 16.0 Å². The highest BCUT2D eigenvalue weighted by Crippen LogP contribution is 2.37. The van der Waals surface area contributed by atoms with E-state index in [2.05, 4.69) is 42.8 Å². The van der Waals surface area contributed by atoms with E-state index in [1.165, 1.54) is 24.6 Å². The number of anilines is 2. The average Bonchev–Trinajstić information content (AvgIpc) is 3.14. The molecule has 11 heteroatoms. The summed E-state index contributed by atoms with van der Waals surface area (Å²) in [7, 11) is 0. The Morgan fingerprint density at radius 1 is 1.29 bits per heavy atom. The van der Waals surface area contributed by atoms with Gasteiger partial charge in [-0.05, 0) is 66.1 Å². The van der Waals surface area contributed by atoms with Crippen molar-refractivity contribution in [3.05, 3.63) is 38.5 Å². The van der Waals surface area contributed by atoms with Crippen LogP contribution in [0, 0.1) is 10.5 Å². The van der Waals surface area contributed by atoms with Crippen LogP contribution in [0.25, 0.3) is 10.2 Å². The number of aromatic nitrogens is 2. The van der Waals surface area contributed by atoms with E-state index in [1.54, 1.807) is 0 Å². The van der Waals surface area contributed by atoms with E-state index in [-0.39, 0.29) is 12.1 Å². The highest BCUT2D eigenvalue weighted by atomic mass is 127. The van der Waals surface area contributed by atoms with E-state index in [0.717, 1.165) is 58.4 Å². The molecule has 1 aliphatic rings. The molecule has 9 nitrogen and oxygen atoms in total. The van der Waals surface area contributed by atoms with Crippen LogP contribution in [0.4, 0.5) is 11.5 Å². The fourth-order valence-corrected chi connectivity index (χ4v) is 5.44. The van der Waals surface area contributed by atoms with Crippen LogP contribution >= 0.6 is 33.9 Å². The van der Waals surface area contributed by atoms with E-state index in [0.29, 0.717) is 22.1 Å². The number of thiophene rings is 1. The number of carbonyl (C=O) groups is 2. The number of primary amides is 1. The third-order valence-electron chi connectivity index (χ3n) is 5.69. The number of fused-ring (bicyclic) bond motifs is 1. The lowest BCUT2D eigenvalue weighted by Gasteiger charge is -2.32. The number of piperidine rings is 1. The Morgan fingerprint density at radius 2 is 2.06 bits per heavy atom. The van der Waals surface area contributed by atoms with Gasteiger partial charge in [0.15, 0.2) is 0 Å². The zero-order valence-electron chi connectivity index (χ0n) is 19.0. The predicted octanol–water partition coefficient (Wildman–Crippen LogP) is 3.85. The van der Waals surface area contributed by atoms with Gasteiger partial charge in [-0.3, -0.25) is 14.5 Å². The molecule has 0 bridgehead atoms. The second kappa shape index (κ2) is 10.8. The van der Waals surface area contributed by atoms with E-state index in [9.17, 15) is 9.59 Å². The van der Waals surface area contributed by atoms with Gasteiger partial charge in [0.25, 0.3) is 5.91 Å². The number of halogens is 1. The molecule has 1 amide bonds. The van der Waals surface area contributed by atoms with Gasteiger partial charge in [-0.15, -0.1) is 11.3 Å². The Kier molecular flexibility index (Phi) is 7.84. The van der Waals surface area contributed by atoms with Crippen molar-refractivity contribution in [1.29, 1.82) is 0 Å². The number of hydrogen-bond donors (Lipinski definition) is 2. The van der Waals surface area contributed by atoms with Crippen molar-refractivity contribution in [3.63, 3.8) is 0 Å². The van der Waals surface area contributed by atoms with Crippen LogP contribution in [0.1, 0.15) is 35.0 Å². The number of benzene rings is 1. The molecule has 0 saturated carbocycles. The van der Waals surface area contributed by atoms with Gasteiger partial charge in [-0.2, -0.15) is 0 Å². The van der Waals surface area contributed by atoms with Crippen LogP contribution in [-0.2, 0) is 9.53 Å². The van der Waals surface area contributed by atoms with Crippen LogP contribution in [-0.4, -0.2) is 59.1 Å². The fourth-order valence-electron chi connectivity index (χ4n) is 3.97. The third-order valence-corrected chi connectivity index (χ3v) is 7.57. The Morgan fingerprint density at radius 3 is 2.76 bits per heavy atom. The molecule has 1 aliphatic heterocycles. The second-order valence-electron chi connectivity index (χ2n) is 8.09. The number of nitrogens with zero attached hydrogens (tertiary/aromatic N) is 3. The number of nitrogens with two attached hydrogens (primary N) is 1. The highest BCUT2D eigenvalue weighted by molar-refractivity contribution is 14.1. The largest absolute Gasteiger partial charge is 0.488 e. The van der Waals surface area contributed by atoms with Crippen molar-refractivity contribution in [2.45, 2.75) is 32.8 Å². The number of esters is 1. The zero-order chi connectivity index (χ0) is 24.2. The molecule has 2 aromatic heterocycles. The van der Waals surface area contributed by atoms with Crippen molar-refractivity contribution >= 4 is 67.5 Å². The minimum Gasteiger partial charge on any atom is -0.488 e. The Balaban J connectivity index is 1.49. The maximum absolute atomic E-state index is 11.8. The molecule has 3 heterocycles. The summed E-state index contributed by atoms with van der Waals surface area (Å²) in [5.74, 6) is 0.642. The quantitative estimate of drug-likeness (QED) is 0.298. The molecule has 180 valence electrons.